The third-order valence-electron chi connectivity index (χ3n) is 7.12. The average molecular weight is 597 g/mol. The van der Waals surface area contributed by atoms with Gasteiger partial charge in [-0.1, -0.05) is 0 Å². The van der Waals surface area contributed by atoms with Crippen LogP contribution in [0.5, 0.6) is 11.5 Å². The van der Waals surface area contributed by atoms with Gasteiger partial charge < -0.3 is 28.4 Å². The molecular weight excluding hydrogens is 564 g/mol. The van der Waals surface area contributed by atoms with Crippen molar-refractivity contribution in [2.45, 2.75) is 0 Å². The number of aromatic nitrogens is 2. The number of ether oxygens (including phenoxy) is 6. The first kappa shape index (κ1) is 29.6. The van der Waals surface area contributed by atoms with Crippen LogP contribution in [-0.2, 0) is 18.9 Å². The van der Waals surface area contributed by atoms with Gasteiger partial charge in [0.15, 0.2) is 0 Å². The second kappa shape index (κ2) is 14.3. The van der Waals surface area contributed by atoms with E-state index in [2.05, 4.69) is 0 Å². The van der Waals surface area contributed by atoms with Gasteiger partial charge in [0.05, 0.1) is 75.4 Å². The summed E-state index contributed by atoms with van der Waals surface area (Å²) in [6, 6.07) is 21.8. The van der Waals surface area contributed by atoms with Crippen molar-refractivity contribution >= 4 is 11.6 Å². The van der Waals surface area contributed by atoms with E-state index in [-0.39, 0.29) is 11.1 Å². The number of Topliss-reactive ketones (excluding diaryl/α,β-unsaturated/α-hetero) is 2. The number of carbonyl (C=O) groups is 2. The molecular formula is C34H32N2O8. The smallest absolute Gasteiger partial charge is 0.235 e. The molecule has 226 valence electrons. The Balaban J connectivity index is 1.25. The maximum Gasteiger partial charge on any atom is 0.235 e. The first-order valence-electron chi connectivity index (χ1n) is 14.6. The second-order valence-electron chi connectivity index (χ2n) is 10.0. The van der Waals surface area contributed by atoms with Gasteiger partial charge in [0.25, 0.3) is 0 Å². The molecule has 0 spiro atoms. The Bertz CT molecular complexity index is 1480. The summed E-state index contributed by atoms with van der Waals surface area (Å²) < 4.78 is 33.8. The molecule has 4 aromatic rings. The summed E-state index contributed by atoms with van der Waals surface area (Å²) in [5, 5.41) is 0. The summed E-state index contributed by atoms with van der Waals surface area (Å²) >= 11 is 0. The monoisotopic (exact) mass is 596 g/mol. The Morgan fingerprint density at radius 1 is 0.409 bits per heavy atom. The number of carbonyl (C=O) groups excluding carboxylic acids is 2. The average Bonchev–Trinajstić information content (AvgIpc) is 3.06. The Morgan fingerprint density at radius 2 is 0.750 bits per heavy atom. The van der Waals surface area contributed by atoms with E-state index < -0.39 is 11.6 Å². The van der Waals surface area contributed by atoms with Crippen molar-refractivity contribution in [1.29, 1.82) is 0 Å². The van der Waals surface area contributed by atoms with E-state index in [1.165, 1.54) is 0 Å². The van der Waals surface area contributed by atoms with Crippen molar-refractivity contribution in [2.75, 3.05) is 66.1 Å². The SMILES string of the molecule is O=C1C(=O)c2ccc3nc2-c2nc(ccc21)-c1ccc(cc1)OCCOCCOCCOCCOCCOc1ccc-3cc1. The molecule has 8 bridgehead atoms. The zero-order valence-electron chi connectivity index (χ0n) is 24.2. The van der Waals surface area contributed by atoms with Gasteiger partial charge in [0.2, 0.25) is 11.6 Å². The van der Waals surface area contributed by atoms with Gasteiger partial charge in [-0.05, 0) is 72.8 Å². The van der Waals surface area contributed by atoms with E-state index in [4.69, 9.17) is 38.4 Å². The predicted octanol–water partition coefficient (Wildman–Crippen LogP) is 4.69. The van der Waals surface area contributed by atoms with Crippen LogP contribution in [0.3, 0.4) is 0 Å². The van der Waals surface area contributed by atoms with Gasteiger partial charge in [-0.25, -0.2) is 9.97 Å². The topological polar surface area (TPSA) is 115 Å². The summed E-state index contributed by atoms with van der Waals surface area (Å²) in [6.45, 7) is 4.50. The van der Waals surface area contributed by atoms with Crippen molar-refractivity contribution in [1.82, 2.24) is 9.97 Å². The number of benzene rings is 2. The predicted molar refractivity (Wildman–Crippen MR) is 161 cm³/mol. The van der Waals surface area contributed by atoms with Crippen molar-refractivity contribution in [3.05, 3.63) is 83.9 Å². The molecule has 8 rings (SSSR count). The Hall–Kier alpha value is -4.48. The van der Waals surface area contributed by atoms with Crippen LogP contribution in [0.1, 0.15) is 20.7 Å². The Kier molecular flexibility index (Phi) is 9.63. The highest BCUT2D eigenvalue weighted by Crippen LogP contribution is 2.35. The first-order valence-corrected chi connectivity index (χ1v) is 14.6. The fourth-order valence-corrected chi connectivity index (χ4v) is 4.85. The van der Waals surface area contributed by atoms with Gasteiger partial charge in [-0.3, -0.25) is 9.59 Å². The van der Waals surface area contributed by atoms with E-state index in [9.17, 15) is 9.59 Å². The fraction of sp³-hybridized carbons (Fsp3) is 0.294. The number of hydrogen-bond donors (Lipinski definition) is 0. The number of fused-ring (bicyclic) bond motifs is 2. The molecule has 2 aromatic carbocycles. The van der Waals surface area contributed by atoms with Crippen molar-refractivity contribution in [3.8, 4) is 45.4 Å². The van der Waals surface area contributed by atoms with Crippen LogP contribution in [0.15, 0.2) is 72.8 Å². The molecule has 44 heavy (non-hydrogen) atoms. The molecule has 0 saturated heterocycles. The summed E-state index contributed by atoms with van der Waals surface area (Å²) in [6.07, 6.45) is 0. The van der Waals surface area contributed by atoms with Crippen LogP contribution >= 0.6 is 0 Å². The Morgan fingerprint density at radius 3 is 1.11 bits per heavy atom. The maximum absolute atomic E-state index is 12.9. The van der Waals surface area contributed by atoms with E-state index >= 15 is 0 Å². The maximum atomic E-state index is 12.9. The largest absolute Gasteiger partial charge is 0.491 e. The standard InChI is InChI=1S/C34H32N2O8/c37-33-27-9-11-29-23-1-5-25(6-2-23)43-21-19-41-17-15-39-13-14-40-16-18-42-20-22-44-26-7-3-24(4-8-26)30-12-10-28(34(33)38)32(36-30)31(27)35-29/h1-12H,13-22H2. The zero-order valence-corrected chi connectivity index (χ0v) is 24.2. The molecule has 3 aliphatic heterocycles. The summed E-state index contributed by atoms with van der Waals surface area (Å²) in [7, 11) is 0. The highest BCUT2D eigenvalue weighted by atomic mass is 16.6. The van der Waals surface area contributed by atoms with Crippen LogP contribution < -0.4 is 9.47 Å². The molecule has 10 heteroatoms. The van der Waals surface area contributed by atoms with E-state index in [0.717, 1.165) is 11.1 Å². The minimum atomic E-state index is -0.589. The van der Waals surface area contributed by atoms with Crippen molar-refractivity contribution < 1.29 is 38.0 Å². The zero-order chi connectivity index (χ0) is 30.1. The van der Waals surface area contributed by atoms with Gasteiger partial charge >= 0.3 is 0 Å². The molecule has 0 atom stereocenters. The lowest BCUT2D eigenvalue weighted by atomic mass is 9.89. The van der Waals surface area contributed by atoms with Crippen molar-refractivity contribution in [2.24, 2.45) is 0 Å². The molecule has 0 unspecified atom stereocenters. The van der Waals surface area contributed by atoms with E-state index in [0.29, 0.717) is 100 Å². The number of nitrogens with zero attached hydrogens (tertiary/aromatic N) is 2. The van der Waals surface area contributed by atoms with Gasteiger partial charge in [-0.15, -0.1) is 0 Å². The molecule has 0 radical (unpaired) electrons. The summed E-state index contributed by atoms with van der Waals surface area (Å²) in [4.78, 5) is 35.5. The third kappa shape index (κ3) is 7.00. The minimum absolute atomic E-state index is 0.241. The molecule has 0 N–H and O–H groups in total. The van der Waals surface area contributed by atoms with Crippen LogP contribution in [-0.4, -0.2) is 87.6 Å². The minimum Gasteiger partial charge on any atom is -0.491 e. The summed E-state index contributed by atoms with van der Waals surface area (Å²) in [5.41, 5.74) is 4.21. The fourth-order valence-electron chi connectivity index (χ4n) is 4.85. The number of hydrogen-bond acceptors (Lipinski definition) is 10. The van der Waals surface area contributed by atoms with Gasteiger partial charge in [0, 0.05) is 11.1 Å². The number of pyridine rings is 2. The Labute approximate surface area is 254 Å². The quantitative estimate of drug-likeness (QED) is 0.265. The van der Waals surface area contributed by atoms with Crippen molar-refractivity contribution in [3.63, 3.8) is 0 Å². The number of ketones is 2. The normalized spacial score (nSPS) is 16.7. The molecule has 10 nitrogen and oxygen atoms in total. The molecule has 2 aromatic heterocycles. The highest BCUT2D eigenvalue weighted by Gasteiger charge is 2.33. The van der Waals surface area contributed by atoms with E-state index in [1.807, 2.05) is 48.5 Å². The molecule has 0 amide bonds. The van der Waals surface area contributed by atoms with Crippen LogP contribution in [0, 0.1) is 0 Å². The molecule has 5 heterocycles. The molecule has 0 fully saturated rings. The number of rotatable bonds is 0. The highest BCUT2D eigenvalue weighted by molar-refractivity contribution is 6.52. The van der Waals surface area contributed by atoms with Crippen LogP contribution in [0.25, 0.3) is 33.9 Å². The lowest BCUT2D eigenvalue weighted by Gasteiger charge is -2.18. The summed E-state index contributed by atoms with van der Waals surface area (Å²) in [5.74, 6) is 0.213. The molecule has 0 saturated carbocycles. The lowest BCUT2D eigenvalue weighted by Crippen LogP contribution is -2.23. The van der Waals surface area contributed by atoms with Crippen LogP contribution in [0.4, 0.5) is 0 Å². The molecule has 4 aliphatic rings. The molecule has 1 aliphatic carbocycles. The second-order valence-corrected chi connectivity index (χ2v) is 10.0. The first-order chi connectivity index (χ1) is 21.7. The van der Waals surface area contributed by atoms with Crippen LogP contribution in [0.2, 0.25) is 0 Å². The third-order valence-corrected chi connectivity index (χ3v) is 7.12. The van der Waals surface area contributed by atoms with Gasteiger partial charge in [-0.2, -0.15) is 0 Å². The lowest BCUT2D eigenvalue weighted by molar-refractivity contribution is -0.00698. The van der Waals surface area contributed by atoms with E-state index in [1.54, 1.807) is 24.3 Å². The van der Waals surface area contributed by atoms with Gasteiger partial charge in [0.1, 0.15) is 36.1 Å².